The topological polar surface area (TPSA) is 26.3 Å². The van der Waals surface area contributed by atoms with E-state index in [0.29, 0.717) is 6.16 Å². The molecule has 0 unspecified atom stereocenters. The summed E-state index contributed by atoms with van der Waals surface area (Å²) in [5.74, 6) is 0. The highest BCUT2D eigenvalue weighted by atomic mass is 31.2. The third kappa shape index (κ3) is 5.58. The lowest BCUT2D eigenvalue weighted by molar-refractivity contribution is 0.164. The number of benzene rings is 2. The molecule has 0 amide bonds. The molecule has 31 heavy (non-hydrogen) atoms. The molecule has 1 fully saturated rings. The van der Waals surface area contributed by atoms with Gasteiger partial charge < -0.3 is 8.99 Å². The minimum atomic E-state index is -2.75. The average Bonchev–Trinajstić information content (AvgIpc) is 2.74. The van der Waals surface area contributed by atoms with E-state index in [1.165, 1.54) is 11.1 Å². The summed E-state index contributed by atoms with van der Waals surface area (Å²) >= 11 is 0. The molecule has 0 heterocycles. The van der Waals surface area contributed by atoms with Gasteiger partial charge in [0.2, 0.25) is 0 Å². The van der Waals surface area contributed by atoms with Crippen LogP contribution in [-0.2, 0) is 8.99 Å². The third-order valence-electron chi connectivity index (χ3n) is 6.88. The monoisotopic (exact) mass is 452 g/mol. The van der Waals surface area contributed by atoms with Crippen molar-refractivity contribution in [2.45, 2.75) is 64.3 Å². The van der Waals surface area contributed by atoms with E-state index >= 15 is 0 Å². The van der Waals surface area contributed by atoms with Crippen LogP contribution in [0.2, 0.25) is 18.1 Å². The zero-order valence-electron chi connectivity index (χ0n) is 19.7. The Labute approximate surface area is 189 Å². The lowest BCUT2D eigenvalue weighted by atomic mass is 9.89. The highest BCUT2D eigenvalue weighted by Crippen LogP contribution is 2.45. The van der Waals surface area contributed by atoms with Crippen LogP contribution in [0.25, 0.3) is 0 Å². The molecular formula is C27H37O2PSi. The SMILES string of the molecule is C=C1CC[C@@H](O[Si](C)(C)C(C)(C)C)C/C1=C/CP(=O)(c1ccccc1)c1ccccc1. The Balaban J connectivity index is 1.86. The van der Waals surface area contributed by atoms with Gasteiger partial charge in [-0.3, -0.25) is 0 Å². The van der Waals surface area contributed by atoms with Gasteiger partial charge in [0.05, 0.1) is 0 Å². The summed E-state index contributed by atoms with van der Waals surface area (Å²) in [5, 5.41) is 2.02. The summed E-state index contributed by atoms with van der Waals surface area (Å²) in [6.45, 7) is 15.8. The van der Waals surface area contributed by atoms with Gasteiger partial charge in [-0.05, 0) is 43.0 Å². The van der Waals surface area contributed by atoms with Gasteiger partial charge in [-0.1, -0.05) is 99.7 Å². The first-order valence-electron chi connectivity index (χ1n) is 11.3. The number of rotatable bonds is 6. The van der Waals surface area contributed by atoms with Crippen LogP contribution in [0.15, 0.2) is 84.5 Å². The molecule has 1 saturated carbocycles. The average molecular weight is 453 g/mol. The van der Waals surface area contributed by atoms with Crippen molar-refractivity contribution in [3.05, 3.63) is 84.5 Å². The van der Waals surface area contributed by atoms with Gasteiger partial charge in [0.15, 0.2) is 8.32 Å². The third-order valence-corrected chi connectivity index (χ3v) is 14.4. The smallest absolute Gasteiger partial charge is 0.192 e. The first kappa shape index (κ1) is 24.0. The van der Waals surface area contributed by atoms with Crippen LogP contribution in [0, 0.1) is 0 Å². The minimum absolute atomic E-state index is 0.196. The van der Waals surface area contributed by atoms with Gasteiger partial charge in [0.25, 0.3) is 0 Å². The zero-order chi connectivity index (χ0) is 22.7. The fraction of sp³-hybridized carbons (Fsp3) is 0.407. The summed E-state index contributed by atoms with van der Waals surface area (Å²) in [6, 6.07) is 19.8. The standard InChI is InChI=1S/C27H37O2PSi/c1-22-17-18-24(29-31(5,6)27(2,3)4)21-23(22)19-20-30(28,25-13-9-7-10-14-25)26-15-11-8-12-16-26/h7-16,19,24H,1,17-18,20-21H2,2-6H3/b23-19-/t24-/m1/s1. The van der Waals surface area contributed by atoms with E-state index in [4.69, 9.17) is 4.43 Å². The van der Waals surface area contributed by atoms with Gasteiger partial charge in [0.1, 0.15) is 7.14 Å². The molecule has 166 valence electrons. The number of hydrogen-bond acceptors (Lipinski definition) is 2. The van der Waals surface area contributed by atoms with Crippen molar-refractivity contribution in [1.82, 2.24) is 0 Å². The molecule has 2 aromatic rings. The van der Waals surface area contributed by atoms with Crippen molar-refractivity contribution >= 4 is 26.1 Å². The molecule has 1 aliphatic carbocycles. The zero-order valence-corrected chi connectivity index (χ0v) is 21.6. The molecule has 0 radical (unpaired) electrons. The maximum Gasteiger partial charge on any atom is 0.192 e. The van der Waals surface area contributed by atoms with E-state index in [9.17, 15) is 4.57 Å². The van der Waals surface area contributed by atoms with Crippen LogP contribution in [0.5, 0.6) is 0 Å². The fourth-order valence-corrected chi connectivity index (χ4v) is 7.74. The Morgan fingerprint density at radius 1 is 1.03 bits per heavy atom. The Morgan fingerprint density at radius 3 is 2.03 bits per heavy atom. The van der Waals surface area contributed by atoms with Crippen molar-refractivity contribution < 1.29 is 8.99 Å². The number of hydrogen-bond donors (Lipinski definition) is 0. The molecule has 2 nitrogen and oxygen atoms in total. The van der Waals surface area contributed by atoms with E-state index in [1.54, 1.807) is 0 Å². The molecule has 3 rings (SSSR count). The summed E-state index contributed by atoms with van der Waals surface area (Å²) < 4.78 is 21.0. The normalized spacial score (nSPS) is 19.6. The Hall–Kier alpha value is -1.67. The van der Waals surface area contributed by atoms with E-state index < -0.39 is 15.5 Å². The van der Waals surface area contributed by atoms with Gasteiger partial charge >= 0.3 is 0 Å². The molecule has 0 bridgehead atoms. The lowest BCUT2D eigenvalue weighted by Gasteiger charge is -2.41. The van der Waals surface area contributed by atoms with E-state index in [-0.39, 0.29) is 11.1 Å². The molecule has 0 saturated heterocycles. The first-order chi connectivity index (χ1) is 14.5. The number of allylic oxidation sites excluding steroid dienone is 2. The van der Waals surface area contributed by atoms with Crippen LogP contribution in [0.3, 0.4) is 0 Å². The van der Waals surface area contributed by atoms with E-state index in [1.807, 2.05) is 60.7 Å². The highest BCUT2D eigenvalue weighted by Gasteiger charge is 2.40. The fourth-order valence-electron chi connectivity index (χ4n) is 3.85. The van der Waals surface area contributed by atoms with Crippen LogP contribution >= 0.6 is 7.14 Å². The molecule has 1 atom stereocenters. The maximum atomic E-state index is 14.3. The van der Waals surface area contributed by atoms with Crippen LogP contribution < -0.4 is 10.6 Å². The van der Waals surface area contributed by atoms with Gasteiger partial charge in [-0.15, -0.1) is 0 Å². The second-order valence-electron chi connectivity index (χ2n) is 10.2. The van der Waals surface area contributed by atoms with Crippen LogP contribution in [0.4, 0.5) is 0 Å². The highest BCUT2D eigenvalue weighted by molar-refractivity contribution is 7.78. The molecule has 0 spiro atoms. The van der Waals surface area contributed by atoms with E-state index in [0.717, 1.165) is 29.9 Å². The van der Waals surface area contributed by atoms with Gasteiger partial charge in [-0.2, -0.15) is 0 Å². The van der Waals surface area contributed by atoms with Crippen molar-refractivity contribution in [3.8, 4) is 0 Å². The van der Waals surface area contributed by atoms with Crippen LogP contribution in [-0.4, -0.2) is 20.6 Å². The Bertz CT molecular complexity index is 928. The quantitative estimate of drug-likeness (QED) is 0.346. The Kier molecular flexibility index (Phi) is 7.31. The van der Waals surface area contributed by atoms with Gasteiger partial charge in [0, 0.05) is 22.9 Å². The summed E-state index contributed by atoms with van der Waals surface area (Å²) in [5.41, 5.74) is 2.39. The molecule has 4 heteroatoms. The minimum Gasteiger partial charge on any atom is -0.414 e. The lowest BCUT2D eigenvalue weighted by Crippen LogP contribution is -2.44. The van der Waals surface area contributed by atoms with E-state index in [2.05, 4.69) is 46.5 Å². The van der Waals surface area contributed by atoms with Crippen molar-refractivity contribution in [2.24, 2.45) is 0 Å². The molecular weight excluding hydrogens is 415 g/mol. The maximum absolute atomic E-state index is 14.3. The van der Waals surface area contributed by atoms with Crippen molar-refractivity contribution in [3.63, 3.8) is 0 Å². The predicted octanol–water partition coefficient (Wildman–Crippen LogP) is 7.06. The molecule has 0 aromatic heterocycles. The van der Waals surface area contributed by atoms with Crippen LogP contribution in [0.1, 0.15) is 40.0 Å². The molecule has 0 aliphatic heterocycles. The summed E-state index contributed by atoms with van der Waals surface area (Å²) in [7, 11) is -4.57. The van der Waals surface area contributed by atoms with Crippen molar-refractivity contribution in [1.29, 1.82) is 0 Å². The second-order valence-corrected chi connectivity index (χ2v) is 17.8. The summed E-state index contributed by atoms with van der Waals surface area (Å²) in [6.07, 6.45) is 5.77. The molecule has 1 aliphatic rings. The summed E-state index contributed by atoms with van der Waals surface area (Å²) in [4.78, 5) is 0. The first-order valence-corrected chi connectivity index (χ1v) is 16.1. The van der Waals surface area contributed by atoms with Gasteiger partial charge in [-0.25, -0.2) is 0 Å². The largest absolute Gasteiger partial charge is 0.414 e. The molecule has 0 N–H and O–H groups in total. The predicted molar refractivity (Wildman–Crippen MR) is 138 cm³/mol. The Morgan fingerprint density at radius 2 is 1.55 bits per heavy atom. The van der Waals surface area contributed by atoms with Crippen molar-refractivity contribution in [2.75, 3.05) is 6.16 Å². The second kappa shape index (κ2) is 9.44. The molecule has 2 aromatic carbocycles.